The maximum Gasteiger partial charge on any atom is 0.303 e. The van der Waals surface area contributed by atoms with E-state index in [-0.39, 0.29) is 23.6 Å². The van der Waals surface area contributed by atoms with Crippen LogP contribution in [-0.4, -0.2) is 62.6 Å². The Morgan fingerprint density at radius 1 is 1.12 bits per heavy atom. The van der Waals surface area contributed by atoms with Crippen molar-refractivity contribution in [1.82, 2.24) is 9.62 Å². The van der Waals surface area contributed by atoms with Gasteiger partial charge in [0.15, 0.2) is 0 Å². The van der Waals surface area contributed by atoms with E-state index in [9.17, 15) is 18.0 Å². The molecule has 1 aliphatic heterocycles. The van der Waals surface area contributed by atoms with Crippen LogP contribution in [0.5, 0.6) is 0 Å². The third kappa shape index (κ3) is 6.08. The molecule has 26 heavy (non-hydrogen) atoms. The summed E-state index contributed by atoms with van der Waals surface area (Å²) in [5.41, 5.74) is 0.867. The monoisotopic (exact) mass is 384 g/mol. The molecule has 2 rings (SSSR count). The summed E-state index contributed by atoms with van der Waals surface area (Å²) < 4.78 is 31.6. The van der Waals surface area contributed by atoms with Crippen LogP contribution in [0.25, 0.3) is 0 Å². The van der Waals surface area contributed by atoms with Crippen molar-refractivity contribution in [2.24, 2.45) is 0 Å². The summed E-state index contributed by atoms with van der Waals surface area (Å²) in [7, 11) is -3.51. The fourth-order valence-electron chi connectivity index (χ4n) is 2.58. The van der Waals surface area contributed by atoms with E-state index in [0.29, 0.717) is 45.7 Å². The first-order valence-corrected chi connectivity index (χ1v) is 9.99. The van der Waals surface area contributed by atoms with E-state index in [1.807, 2.05) is 0 Å². The van der Waals surface area contributed by atoms with Crippen molar-refractivity contribution in [3.05, 3.63) is 29.8 Å². The SMILES string of the molecule is O=C(O)CCCNC(=O)CCc1ccc(S(=O)(=O)N2CCOCC2)cc1. The Labute approximate surface area is 153 Å². The van der Waals surface area contributed by atoms with Crippen LogP contribution in [0.4, 0.5) is 0 Å². The van der Waals surface area contributed by atoms with Crippen LogP contribution in [0.3, 0.4) is 0 Å². The van der Waals surface area contributed by atoms with Crippen LogP contribution < -0.4 is 5.32 Å². The Balaban J connectivity index is 1.81. The van der Waals surface area contributed by atoms with Gasteiger partial charge < -0.3 is 15.2 Å². The van der Waals surface area contributed by atoms with Crippen molar-refractivity contribution in [3.63, 3.8) is 0 Å². The van der Waals surface area contributed by atoms with E-state index >= 15 is 0 Å². The summed E-state index contributed by atoms with van der Waals surface area (Å²) in [4.78, 5) is 22.3. The van der Waals surface area contributed by atoms with Gasteiger partial charge in [0.2, 0.25) is 15.9 Å². The molecule has 9 heteroatoms. The molecule has 144 valence electrons. The van der Waals surface area contributed by atoms with Gasteiger partial charge in [-0.15, -0.1) is 0 Å². The minimum absolute atomic E-state index is 0.0271. The number of nitrogens with zero attached hydrogens (tertiary/aromatic N) is 1. The van der Waals surface area contributed by atoms with Crippen molar-refractivity contribution in [2.45, 2.75) is 30.6 Å². The van der Waals surface area contributed by atoms with Crippen molar-refractivity contribution < 1.29 is 27.9 Å². The number of hydrogen-bond donors (Lipinski definition) is 2. The summed E-state index contributed by atoms with van der Waals surface area (Å²) in [5.74, 6) is -1.04. The van der Waals surface area contributed by atoms with Gasteiger partial charge in [0.25, 0.3) is 0 Å². The number of aryl methyl sites for hydroxylation is 1. The molecule has 0 unspecified atom stereocenters. The normalized spacial score (nSPS) is 15.5. The first-order valence-electron chi connectivity index (χ1n) is 8.55. The topological polar surface area (TPSA) is 113 Å². The predicted octanol–water partition coefficient (Wildman–Crippen LogP) is 0.621. The molecule has 1 aliphatic rings. The first kappa shape index (κ1) is 20.3. The zero-order valence-electron chi connectivity index (χ0n) is 14.5. The van der Waals surface area contributed by atoms with Crippen molar-refractivity contribution >= 4 is 21.9 Å². The Bertz CT molecular complexity index is 711. The molecule has 0 atom stereocenters. The summed E-state index contributed by atoms with van der Waals surface area (Å²) >= 11 is 0. The maximum atomic E-state index is 12.5. The van der Waals surface area contributed by atoms with E-state index in [1.165, 1.54) is 4.31 Å². The number of aliphatic carboxylic acids is 1. The van der Waals surface area contributed by atoms with Gasteiger partial charge in [0, 0.05) is 32.5 Å². The fraction of sp³-hybridized carbons (Fsp3) is 0.529. The molecule has 0 bridgehead atoms. The average Bonchev–Trinajstić information content (AvgIpc) is 2.64. The molecule has 1 aromatic carbocycles. The minimum atomic E-state index is -3.51. The predicted molar refractivity (Wildman–Crippen MR) is 94.2 cm³/mol. The standard InChI is InChI=1S/C17H24N2O6S/c20-16(18-9-1-2-17(21)22)8-5-14-3-6-15(7-4-14)26(23,24)19-10-12-25-13-11-19/h3-4,6-7H,1-2,5,8-13H2,(H,18,20)(H,21,22). The van der Waals surface area contributed by atoms with Crippen LogP contribution in [0.15, 0.2) is 29.2 Å². The number of carbonyl (C=O) groups excluding carboxylic acids is 1. The molecule has 1 amide bonds. The average molecular weight is 384 g/mol. The summed E-state index contributed by atoms with van der Waals surface area (Å²) in [5, 5.41) is 11.2. The number of rotatable bonds is 9. The highest BCUT2D eigenvalue weighted by Crippen LogP contribution is 2.18. The van der Waals surface area contributed by atoms with E-state index in [0.717, 1.165) is 5.56 Å². The Hall–Kier alpha value is -1.97. The lowest BCUT2D eigenvalue weighted by atomic mass is 10.1. The van der Waals surface area contributed by atoms with Crippen LogP contribution >= 0.6 is 0 Å². The van der Waals surface area contributed by atoms with E-state index in [4.69, 9.17) is 9.84 Å². The molecule has 8 nitrogen and oxygen atoms in total. The van der Waals surface area contributed by atoms with E-state index in [1.54, 1.807) is 24.3 Å². The lowest BCUT2D eigenvalue weighted by molar-refractivity contribution is -0.137. The van der Waals surface area contributed by atoms with Gasteiger partial charge in [-0.1, -0.05) is 12.1 Å². The number of carboxylic acid groups (broad SMARTS) is 1. The number of ether oxygens (including phenoxy) is 1. The third-order valence-electron chi connectivity index (χ3n) is 4.06. The molecular weight excluding hydrogens is 360 g/mol. The molecule has 0 aliphatic carbocycles. The largest absolute Gasteiger partial charge is 0.481 e. The van der Waals surface area contributed by atoms with E-state index in [2.05, 4.69) is 5.32 Å². The van der Waals surface area contributed by atoms with Gasteiger partial charge in [-0.25, -0.2) is 8.42 Å². The second-order valence-corrected chi connectivity index (χ2v) is 7.95. The quantitative estimate of drug-likeness (QED) is 0.604. The summed E-state index contributed by atoms with van der Waals surface area (Å²) in [6.45, 7) is 1.85. The molecule has 2 N–H and O–H groups in total. The zero-order chi connectivity index (χ0) is 19.0. The number of morpholine rings is 1. The lowest BCUT2D eigenvalue weighted by Crippen LogP contribution is -2.40. The Kier molecular flexibility index (Phi) is 7.55. The van der Waals surface area contributed by atoms with Crippen LogP contribution in [0.2, 0.25) is 0 Å². The number of amides is 1. The number of nitrogens with one attached hydrogen (secondary N) is 1. The number of benzene rings is 1. The maximum absolute atomic E-state index is 12.5. The number of carboxylic acids is 1. The number of hydrogen-bond acceptors (Lipinski definition) is 5. The lowest BCUT2D eigenvalue weighted by Gasteiger charge is -2.26. The second-order valence-electron chi connectivity index (χ2n) is 6.01. The van der Waals surface area contributed by atoms with Gasteiger partial charge in [-0.3, -0.25) is 9.59 Å². The molecular formula is C17H24N2O6S. The molecule has 1 saturated heterocycles. The van der Waals surface area contributed by atoms with Gasteiger partial charge in [-0.05, 0) is 30.5 Å². The van der Waals surface area contributed by atoms with Gasteiger partial charge in [0.05, 0.1) is 18.1 Å². The van der Waals surface area contributed by atoms with Crippen molar-refractivity contribution in [1.29, 1.82) is 0 Å². The van der Waals surface area contributed by atoms with Crippen LogP contribution in [0.1, 0.15) is 24.8 Å². The highest BCUT2D eigenvalue weighted by molar-refractivity contribution is 7.89. The first-order chi connectivity index (χ1) is 12.4. The minimum Gasteiger partial charge on any atom is -0.481 e. The summed E-state index contributed by atoms with van der Waals surface area (Å²) in [6.07, 6.45) is 1.18. The Morgan fingerprint density at radius 3 is 2.38 bits per heavy atom. The van der Waals surface area contributed by atoms with Crippen LogP contribution in [-0.2, 0) is 30.8 Å². The van der Waals surface area contributed by atoms with Crippen LogP contribution in [0, 0.1) is 0 Å². The van der Waals surface area contributed by atoms with E-state index < -0.39 is 16.0 Å². The second kappa shape index (κ2) is 9.65. The number of sulfonamides is 1. The molecule has 0 radical (unpaired) electrons. The summed E-state index contributed by atoms with van der Waals surface area (Å²) in [6, 6.07) is 6.55. The highest BCUT2D eigenvalue weighted by atomic mass is 32.2. The molecule has 1 heterocycles. The van der Waals surface area contributed by atoms with Crippen molar-refractivity contribution in [2.75, 3.05) is 32.8 Å². The molecule has 1 fully saturated rings. The molecule has 0 spiro atoms. The Morgan fingerprint density at radius 2 is 1.77 bits per heavy atom. The smallest absolute Gasteiger partial charge is 0.303 e. The molecule has 0 saturated carbocycles. The van der Waals surface area contributed by atoms with Gasteiger partial charge in [-0.2, -0.15) is 4.31 Å². The zero-order valence-corrected chi connectivity index (χ0v) is 15.3. The highest BCUT2D eigenvalue weighted by Gasteiger charge is 2.26. The third-order valence-corrected chi connectivity index (χ3v) is 5.97. The fourth-order valence-corrected chi connectivity index (χ4v) is 3.99. The van der Waals surface area contributed by atoms with Gasteiger partial charge >= 0.3 is 5.97 Å². The van der Waals surface area contributed by atoms with Crippen molar-refractivity contribution in [3.8, 4) is 0 Å². The molecule has 1 aromatic rings. The van der Waals surface area contributed by atoms with Gasteiger partial charge in [0.1, 0.15) is 0 Å². The molecule has 0 aromatic heterocycles. The number of carbonyl (C=O) groups is 2.